The highest BCUT2D eigenvalue weighted by molar-refractivity contribution is 5.35. The Morgan fingerprint density at radius 3 is 2.72 bits per heavy atom. The third-order valence-electron chi connectivity index (χ3n) is 3.67. The van der Waals surface area contributed by atoms with Gasteiger partial charge >= 0.3 is 0 Å². The van der Waals surface area contributed by atoms with Crippen molar-refractivity contribution in [3.05, 3.63) is 58.4 Å². The molecular formula is C16H20N2. The Labute approximate surface area is 109 Å². The van der Waals surface area contributed by atoms with Crippen LogP contribution < -0.4 is 5.32 Å². The molecule has 2 nitrogen and oxygen atoms in total. The molecule has 0 unspecified atom stereocenters. The summed E-state index contributed by atoms with van der Waals surface area (Å²) in [7, 11) is 0. The monoisotopic (exact) mass is 240 g/mol. The second kappa shape index (κ2) is 4.62. The maximum absolute atomic E-state index is 3.46. The highest BCUT2D eigenvalue weighted by atomic mass is 15.1. The van der Waals surface area contributed by atoms with E-state index < -0.39 is 0 Å². The molecule has 2 heteroatoms. The molecule has 0 fully saturated rings. The van der Waals surface area contributed by atoms with E-state index in [1.165, 1.54) is 27.9 Å². The summed E-state index contributed by atoms with van der Waals surface area (Å²) >= 11 is 0. The Bertz CT molecular complexity index is 546. The van der Waals surface area contributed by atoms with E-state index in [1.807, 2.05) is 0 Å². The number of aryl methyl sites for hydroxylation is 2. The molecule has 2 aromatic rings. The molecule has 1 aliphatic heterocycles. The fourth-order valence-electron chi connectivity index (χ4n) is 2.93. The van der Waals surface area contributed by atoms with Gasteiger partial charge in [-0.25, -0.2) is 0 Å². The van der Waals surface area contributed by atoms with Crippen molar-refractivity contribution in [1.29, 1.82) is 0 Å². The predicted octanol–water partition coefficient (Wildman–Crippen LogP) is 2.80. The second-order valence-corrected chi connectivity index (χ2v) is 5.33. The molecule has 0 amide bonds. The molecule has 0 bridgehead atoms. The summed E-state index contributed by atoms with van der Waals surface area (Å²) < 4.78 is 2.38. The average Bonchev–Trinajstić information content (AvgIpc) is 2.72. The van der Waals surface area contributed by atoms with Gasteiger partial charge in [0.05, 0.1) is 0 Å². The van der Waals surface area contributed by atoms with E-state index in [4.69, 9.17) is 0 Å². The van der Waals surface area contributed by atoms with E-state index in [1.54, 1.807) is 0 Å². The molecule has 0 radical (unpaired) electrons. The number of hydrogen-bond acceptors (Lipinski definition) is 1. The maximum atomic E-state index is 3.46. The van der Waals surface area contributed by atoms with Gasteiger partial charge in [0.2, 0.25) is 0 Å². The van der Waals surface area contributed by atoms with Gasteiger partial charge < -0.3 is 9.88 Å². The van der Waals surface area contributed by atoms with Crippen LogP contribution in [0, 0.1) is 13.8 Å². The third kappa shape index (κ3) is 2.21. The lowest BCUT2D eigenvalue weighted by Gasteiger charge is -2.18. The molecule has 0 atom stereocenters. The van der Waals surface area contributed by atoms with Crippen LogP contribution in [0.15, 0.2) is 30.5 Å². The van der Waals surface area contributed by atoms with E-state index in [9.17, 15) is 0 Å². The van der Waals surface area contributed by atoms with Gasteiger partial charge in [0.25, 0.3) is 0 Å². The summed E-state index contributed by atoms with van der Waals surface area (Å²) in [6.45, 7) is 7.54. The van der Waals surface area contributed by atoms with Crippen LogP contribution in [0.5, 0.6) is 0 Å². The topological polar surface area (TPSA) is 17.0 Å². The molecule has 3 rings (SSSR count). The number of benzene rings is 1. The zero-order valence-corrected chi connectivity index (χ0v) is 11.2. The molecule has 0 saturated carbocycles. The first-order chi connectivity index (χ1) is 8.72. The van der Waals surface area contributed by atoms with E-state index in [2.05, 4.69) is 54.2 Å². The fraction of sp³-hybridized carbons (Fsp3) is 0.375. The van der Waals surface area contributed by atoms with Gasteiger partial charge in [-0.1, -0.05) is 29.3 Å². The SMILES string of the molecule is Cc1cc(C)cc(Cc2ccn3c2CNCC3)c1. The van der Waals surface area contributed by atoms with Crippen LogP contribution in [0.4, 0.5) is 0 Å². The number of fused-ring (bicyclic) bond motifs is 1. The van der Waals surface area contributed by atoms with Crippen LogP contribution in [0.2, 0.25) is 0 Å². The van der Waals surface area contributed by atoms with Crippen LogP contribution in [-0.4, -0.2) is 11.1 Å². The minimum Gasteiger partial charge on any atom is -0.349 e. The number of rotatable bonds is 2. The minimum absolute atomic E-state index is 1.01. The zero-order valence-electron chi connectivity index (χ0n) is 11.2. The van der Waals surface area contributed by atoms with Crippen LogP contribution in [0.25, 0.3) is 0 Å². The van der Waals surface area contributed by atoms with Gasteiger partial charge in [0, 0.05) is 31.5 Å². The standard InChI is InChI=1S/C16H20N2/c1-12-7-13(2)9-14(8-12)10-15-3-5-18-6-4-17-11-16(15)18/h3,5,7-9,17H,4,6,10-11H2,1-2H3. The molecule has 0 saturated heterocycles. The van der Waals surface area contributed by atoms with Crippen molar-refractivity contribution in [2.24, 2.45) is 0 Å². The smallest absolute Gasteiger partial charge is 0.0362 e. The lowest BCUT2D eigenvalue weighted by Crippen LogP contribution is -2.28. The van der Waals surface area contributed by atoms with Crippen LogP contribution in [0.3, 0.4) is 0 Å². The molecule has 1 N–H and O–H groups in total. The summed E-state index contributed by atoms with van der Waals surface area (Å²) in [5.74, 6) is 0. The molecular weight excluding hydrogens is 220 g/mol. The highest BCUT2D eigenvalue weighted by Gasteiger charge is 2.12. The molecule has 1 aliphatic rings. The lowest BCUT2D eigenvalue weighted by molar-refractivity contribution is 0.514. The first kappa shape index (κ1) is 11.5. The van der Waals surface area contributed by atoms with Crippen molar-refractivity contribution >= 4 is 0 Å². The average molecular weight is 240 g/mol. The van der Waals surface area contributed by atoms with Gasteiger partial charge in [0.1, 0.15) is 0 Å². The quantitative estimate of drug-likeness (QED) is 0.854. The van der Waals surface area contributed by atoms with Gasteiger partial charge in [0.15, 0.2) is 0 Å². The molecule has 94 valence electrons. The fourth-order valence-corrected chi connectivity index (χ4v) is 2.93. The first-order valence-corrected chi connectivity index (χ1v) is 6.67. The van der Waals surface area contributed by atoms with Crippen molar-refractivity contribution in [2.45, 2.75) is 33.4 Å². The van der Waals surface area contributed by atoms with E-state index >= 15 is 0 Å². The normalized spacial score (nSPS) is 14.6. The Kier molecular flexibility index (Phi) is 2.96. The van der Waals surface area contributed by atoms with Crippen LogP contribution in [-0.2, 0) is 19.5 Å². The lowest BCUT2D eigenvalue weighted by atomic mass is 10.0. The molecule has 1 aromatic carbocycles. The van der Waals surface area contributed by atoms with E-state index in [0.29, 0.717) is 0 Å². The van der Waals surface area contributed by atoms with Crippen molar-refractivity contribution in [2.75, 3.05) is 6.54 Å². The molecule has 18 heavy (non-hydrogen) atoms. The Morgan fingerprint density at radius 2 is 1.94 bits per heavy atom. The number of aromatic nitrogens is 1. The zero-order chi connectivity index (χ0) is 12.5. The number of hydrogen-bond donors (Lipinski definition) is 1. The Balaban J connectivity index is 1.90. The Morgan fingerprint density at radius 1 is 1.17 bits per heavy atom. The second-order valence-electron chi connectivity index (χ2n) is 5.33. The van der Waals surface area contributed by atoms with Gasteiger partial charge in [-0.15, -0.1) is 0 Å². The summed E-state index contributed by atoms with van der Waals surface area (Å²) in [5.41, 5.74) is 7.06. The van der Waals surface area contributed by atoms with Crippen molar-refractivity contribution in [3.63, 3.8) is 0 Å². The molecule has 0 spiro atoms. The molecule has 1 aromatic heterocycles. The van der Waals surface area contributed by atoms with Gasteiger partial charge in [-0.2, -0.15) is 0 Å². The largest absolute Gasteiger partial charge is 0.349 e. The third-order valence-corrected chi connectivity index (χ3v) is 3.67. The number of nitrogens with zero attached hydrogens (tertiary/aromatic N) is 1. The maximum Gasteiger partial charge on any atom is 0.0362 e. The molecule has 0 aliphatic carbocycles. The summed E-state index contributed by atoms with van der Waals surface area (Å²) in [6, 6.07) is 9.11. The van der Waals surface area contributed by atoms with E-state index in [-0.39, 0.29) is 0 Å². The van der Waals surface area contributed by atoms with Gasteiger partial charge in [-0.05, 0) is 37.5 Å². The molecule has 2 heterocycles. The van der Waals surface area contributed by atoms with Crippen LogP contribution in [0.1, 0.15) is 27.9 Å². The minimum atomic E-state index is 1.01. The summed E-state index contributed by atoms with van der Waals surface area (Å²) in [6.07, 6.45) is 3.28. The van der Waals surface area contributed by atoms with Gasteiger partial charge in [-0.3, -0.25) is 0 Å². The van der Waals surface area contributed by atoms with Crippen molar-refractivity contribution < 1.29 is 0 Å². The Hall–Kier alpha value is -1.54. The van der Waals surface area contributed by atoms with E-state index in [0.717, 1.165) is 26.1 Å². The first-order valence-electron chi connectivity index (χ1n) is 6.67. The summed E-state index contributed by atoms with van der Waals surface area (Å²) in [5, 5.41) is 3.46. The summed E-state index contributed by atoms with van der Waals surface area (Å²) in [4.78, 5) is 0. The van der Waals surface area contributed by atoms with Crippen molar-refractivity contribution in [1.82, 2.24) is 9.88 Å². The number of nitrogens with one attached hydrogen (secondary N) is 1. The predicted molar refractivity (Wildman–Crippen MR) is 74.9 cm³/mol. The van der Waals surface area contributed by atoms with Crippen molar-refractivity contribution in [3.8, 4) is 0 Å². The van der Waals surface area contributed by atoms with Crippen LogP contribution >= 0.6 is 0 Å². The highest BCUT2D eigenvalue weighted by Crippen LogP contribution is 2.19.